The highest BCUT2D eigenvalue weighted by Crippen LogP contribution is 2.34. The predicted octanol–water partition coefficient (Wildman–Crippen LogP) is 0.657. The molecular weight excluding hydrogens is 380 g/mol. The van der Waals surface area contributed by atoms with Gasteiger partial charge >= 0.3 is 0 Å². The average Bonchev–Trinajstić information content (AvgIpc) is 3.10. The van der Waals surface area contributed by atoms with Gasteiger partial charge in [-0.3, -0.25) is 19.7 Å². The van der Waals surface area contributed by atoms with E-state index in [2.05, 4.69) is 15.8 Å². The minimum Gasteiger partial charge on any atom is -0.865 e. The molecule has 10 nitrogen and oxygen atoms in total. The number of methoxy groups -OCH3 is 1. The number of nitrogens with zero attached hydrogens (tertiary/aromatic N) is 2. The quantitative estimate of drug-likeness (QED) is 0.317. The van der Waals surface area contributed by atoms with E-state index in [0.717, 1.165) is 17.8 Å². The van der Waals surface area contributed by atoms with Gasteiger partial charge in [-0.05, 0) is 11.6 Å². The van der Waals surface area contributed by atoms with Crippen molar-refractivity contribution in [3.8, 4) is 11.5 Å². The Hall–Kier alpha value is -3.95. The molecule has 1 fully saturated rings. The molecule has 2 atom stereocenters. The van der Waals surface area contributed by atoms with Gasteiger partial charge in [0.25, 0.3) is 11.6 Å². The molecule has 2 N–H and O–H groups in total. The molecule has 1 heterocycles. The van der Waals surface area contributed by atoms with E-state index in [9.17, 15) is 24.8 Å². The van der Waals surface area contributed by atoms with Crippen molar-refractivity contribution in [1.29, 1.82) is 0 Å². The van der Waals surface area contributed by atoms with Crippen LogP contribution in [0.4, 0.5) is 5.69 Å². The molecule has 0 bridgehead atoms. The van der Waals surface area contributed by atoms with E-state index >= 15 is 0 Å². The van der Waals surface area contributed by atoms with Gasteiger partial charge in [0, 0.05) is 29.8 Å². The topological polar surface area (TPSA) is 146 Å². The van der Waals surface area contributed by atoms with Gasteiger partial charge in [0.05, 0.1) is 18.2 Å². The van der Waals surface area contributed by atoms with Gasteiger partial charge in [0.15, 0.2) is 0 Å². The van der Waals surface area contributed by atoms with Crippen LogP contribution in [0.1, 0.15) is 17.0 Å². The highest BCUT2D eigenvalue weighted by atomic mass is 16.6. The smallest absolute Gasteiger partial charge is 0.266 e. The molecule has 0 saturated carbocycles. The van der Waals surface area contributed by atoms with Gasteiger partial charge in [-0.2, -0.15) is 5.10 Å². The molecule has 2 aromatic carbocycles. The molecule has 1 saturated heterocycles. The number of hydrazone groups is 1. The Morgan fingerprint density at radius 3 is 2.72 bits per heavy atom. The van der Waals surface area contributed by atoms with E-state index in [-0.39, 0.29) is 17.2 Å². The maximum Gasteiger partial charge on any atom is 0.266 e. The number of nitrogens with one attached hydrogen (secondary N) is 2. The number of carbonyl (C=O) groups is 2. The van der Waals surface area contributed by atoms with Crippen LogP contribution in [0, 0.1) is 16.0 Å². The molecule has 29 heavy (non-hydrogen) atoms. The van der Waals surface area contributed by atoms with Crippen molar-refractivity contribution in [1.82, 2.24) is 10.7 Å². The van der Waals surface area contributed by atoms with Crippen LogP contribution in [0.5, 0.6) is 11.5 Å². The molecule has 150 valence electrons. The maximum absolute atomic E-state index is 12.5. The number of nitro benzene ring substituents is 1. The fourth-order valence-electron chi connectivity index (χ4n) is 3.14. The molecule has 0 aliphatic carbocycles. The summed E-state index contributed by atoms with van der Waals surface area (Å²) in [6.07, 6.45) is 1.14. The Labute approximate surface area is 165 Å². The third kappa shape index (κ3) is 4.15. The van der Waals surface area contributed by atoms with E-state index in [4.69, 9.17) is 4.74 Å². The molecule has 0 radical (unpaired) electrons. The van der Waals surface area contributed by atoms with Crippen LogP contribution < -0.4 is 20.6 Å². The van der Waals surface area contributed by atoms with Crippen molar-refractivity contribution < 1.29 is 24.4 Å². The minimum absolute atomic E-state index is 0.184. The Kier molecular flexibility index (Phi) is 5.72. The first-order valence-electron chi connectivity index (χ1n) is 8.61. The third-order valence-corrected chi connectivity index (χ3v) is 4.55. The third-order valence-electron chi connectivity index (χ3n) is 4.55. The van der Waals surface area contributed by atoms with Crippen molar-refractivity contribution >= 4 is 23.7 Å². The molecule has 3 rings (SSSR count). The number of hydrogen-bond acceptors (Lipinski definition) is 7. The van der Waals surface area contributed by atoms with Crippen LogP contribution in [0.15, 0.2) is 47.6 Å². The lowest BCUT2D eigenvalue weighted by Crippen LogP contribution is -2.34. The normalized spacial score (nSPS) is 18.4. The average molecular weight is 397 g/mol. The summed E-state index contributed by atoms with van der Waals surface area (Å²) in [4.78, 5) is 34.8. The summed E-state index contributed by atoms with van der Waals surface area (Å²) in [5, 5.41) is 29.3. The Morgan fingerprint density at radius 2 is 2.07 bits per heavy atom. The monoisotopic (exact) mass is 397 g/mol. The van der Waals surface area contributed by atoms with E-state index < -0.39 is 34.1 Å². The summed E-state index contributed by atoms with van der Waals surface area (Å²) in [5.74, 6) is -3.37. The van der Waals surface area contributed by atoms with Gasteiger partial charge in [0.1, 0.15) is 11.7 Å². The molecule has 2 amide bonds. The fraction of sp³-hybridized carbons (Fsp3) is 0.211. The number of rotatable bonds is 6. The lowest BCUT2D eigenvalue weighted by molar-refractivity contribution is -0.398. The highest BCUT2D eigenvalue weighted by Gasteiger charge is 2.40. The van der Waals surface area contributed by atoms with Crippen LogP contribution >= 0.6 is 0 Å². The molecule has 10 heteroatoms. The van der Waals surface area contributed by atoms with E-state index in [1.54, 1.807) is 0 Å². The van der Waals surface area contributed by atoms with Crippen LogP contribution in [-0.4, -0.2) is 36.6 Å². The van der Waals surface area contributed by atoms with Gasteiger partial charge in [0.2, 0.25) is 5.91 Å². The van der Waals surface area contributed by atoms with Crippen LogP contribution in [-0.2, 0) is 9.59 Å². The van der Waals surface area contributed by atoms with E-state index in [1.807, 2.05) is 30.3 Å². The van der Waals surface area contributed by atoms with Crippen molar-refractivity contribution in [2.75, 3.05) is 13.7 Å². The molecule has 1 aliphatic rings. The zero-order chi connectivity index (χ0) is 21.0. The summed E-state index contributed by atoms with van der Waals surface area (Å²) in [5.41, 5.74) is 2.65. The van der Waals surface area contributed by atoms with Gasteiger partial charge in [-0.25, -0.2) is 5.43 Å². The lowest BCUT2D eigenvalue weighted by Gasteiger charge is -2.15. The lowest BCUT2D eigenvalue weighted by atomic mass is 9.88. The summed E-state index contributed by atoms with van der Waals surface area (Å²) in [6, 6.07) is 11.5. The fourth-order valence-corrected chi connectivity index (χ4v) is 3.14. The highest BCUT2D eigenvalue weighted by molar-refractivity contribution is 6.03. The second kappa shape index (κ2) is 8.38. The number of nitro groups is 1. The number of ether oxygens (including phenoxy) is 1. The summed E-state index contributed by atoms with van der Waals surface area (Å²) in [7, 11) is 1.21. The van der Waals surface area contributed by atoms with Gasteiger partial charge < -0.3 is 15.2 Å². The van der Waals surface area contributed by atoms with Crippen LogP contribution in [0.25, 0.3) is 0 Å². The van der Waals surface area contributed by atoms with Crippen molar-refractivity contribution in [3.05, 3.63) is 63.7 Å². The van der Waals surface area contributed by atoms with Crippen molar-refractivity contribution in [2.24, 2.45) is 11.0 Å². The van der Waals surface area contributed by atoms with Crippen molar-refractivity contribution in [3.63, 3.8) is 0 Å². The second-order valence-corrected chi connectivity index (χ2v) is 6.30. The molecule has 0 spiro atoms. The summed E-state index contributed by atoms with van der Waals surface area (Å²) >= 11 is 0. The first-order chi connectivity index (χ1) is 13.9. The van der Waals surface area contributed by atoms with E-state index in [0.29, 0.717) is 6.54 Å². The molecule has 0 unspecified atom stereocenters. The molecule has 1 aliphatic heterocycles. The molecular formula is C19H17N4O6-. The number of carbonyl (C=O) groups excluding carboxylic acids is 2. The molecule has 2 aromatic rings. The second-order valence-electron chi connectivity index (χ2n) is 6.30. The van der Waals surface area contributed by atoms with E-state index in [1.165, 1.54) is 13.2 Å². The SMILES string of the molecule is COc1cc(C=NNC(=O)[C@@H]2C(=O)NC[C@@H]2c2ccccc2)cc([N+](=O)[O-])c1[O-]. The number of hydrogen-bond donors (Lipinski definition) is 2. The largest absolute Gasteiger partial charge is 0.865 e. The molecule has 0 aromatic heterocycles. The Morgan fingerprint density at radius 1 is 1.34 bits per heavy atom. The zero-order valence-electron chi connectivity index (χ0n) is 15.3. The standard InChI is InChI=1S/C19H18N4O6/c1-29-15-8-11(7-14(17(15)24)23(27)28)9-21-22-19(26)16-13(10-20-18(16)25)12-5-3-2-4-6-12/h2-9,13,16,24H,10H2,1H3,(H,20,25)(H,22,26)/p-1/t13-,16+/m1/s1. The number of benzene rings is 2. The first-order valence-corrected chi connectivity index (χ1v) is 8.61. The van der Waals surface area contributed by atoms with Crippen LogP contribution in [0.3, 0.4) is 0 Å². The maximum atomic E-state index is 12.5. The van der Waals surface area contributed by atoms with Crippen LogP contribution in [0.2, 0.25) is 0 Å². The number of amides is 2. The van der Waals surface area contributed by atoms with Gasteiger partial charge in [-0.15, -0.1) is 0 Å². The zero-order valence-corrected chi connectivity index (χ0v) is 15.3. The summed E-state index contributed by atoms with van der Waals surface area (Å²) < 4.78 is 4.84. The Balaban J connectivity index is 1.76. The first kappa shape index (κ1) is 19.8. The van der Waals surface area contributed by atoms with Gasteiger partial charge in [-0.1, -0.05) is 30.3 Å². The van der Waals surface area contributed by atoms with Crippen molar-refractivity contribution in [2.45, 2.75) is 5.92 Å². The predicted molar refractivity (Wildman–Crippen MR) is 101 cm³/mol. The Bertz CT molecular complexity index is 976. The summed E-state index contributed by atoms with van der Waals surface area (Å²) in [6.45, 7) is 0.332. The minimum atomic E-state index is -0.956.